The van der Waals surface area contributed by atoms with Crippen LogP contribution in [-0.2, 0) is 6.54 Å². The standard InChI is InChI=1S/C26H32N8O2/c1-18(2)19-4-5-22(36-13-12-34-17-27-16-30-34)21-15-29-24(14-20(19)21)31-23-6-9-28-25(32-23)33-10-7-26(3,35)8-11-33/h4-6,9,14-18,35H,7-8,10-13H2,1-3H3,(H,28,29,31,32). The molecule has 2 N–H and O–H groups in total. The number of piperidine rings is 1. The van der Waals surface area contributed by atoms with E-state index in [0.717, 1.165) is 29.6 Å². The zero-order valence-electron chi connectivity index (χ0n) is 20.9. The van der Waals surface area contributed by atoms with Crippen LogP contribution in [0.15, 0.2) is 49.3 Å². The van der Waals surface area contributed by atoms with E-state index in [2.05, 4.69) is 56.2 Å². The topological polar surface area (TPSA) is 114 Å². The highest BCUT2D eigenvalue weighted by Gasteiger charge is 2.28. The molecule has 1 saturated heterocycles. The molecule has 0 aliphatic carbocycles. The first-order valence-electron chi connectivity index (χ1n) is 12.3. The molecule has 188 valence electrons. The Kier molecular flexibility index (Phi) is 6.69. The minimum Gasteiger partial charge on any atom is -0.491 e. The predicted molar refractivity (Wildman–Crippen MR) is 139 cm³/mol. The molecule has 4 heterocycles. The summed E-state index contributed by atoms with van der Waals surface area (Å²) < 4.78 is 7.83. The Morgan fingerprint density at radius 1 is 1.11 bits per heavy atom. The van der Waals surface area contributed by atoms with Crippen LogP contribution in [0.2, 0.25) is 0 Å². The fraction of sp³-hybridized carbons (Fsp3) is 0.423. The molecule has 36 heavy (non-hydrogen) atoms. The fourth-order valence-electron chi connectivity index (χ4n) is 4.42. The van der Waals surface area contributed by atoms with Gasteiger partial charge in [-0.2, -0.15) is 10.1 Å². The number of benzene rings is 1. The van der Waals surface area contributed by atoms with Crippen molar-refractivity contribution in [3.8, 4) is 5.75 Å². The maximum atomic E-state index is 10.2. The number of hydrogen-bond donors (Lipinski definition) is 2. The second kappa shape index (κ2) is 10.1. The first-order chi connectivity index (χ1) is 17.4. The molecule has 1 aliphatic rings. The molecule has 0 bridgehead atoms. The van der Waals surface area contributed by atoms with E-state index < -0.39 is 5.60 Å². The van der Waals surface area contributed by atoms with Crippen LogP contribution in [0.4, 0.5) is 17.6 Å². The predicted octanol–water partition coefficient (Wildman–Crippen LogP) is 3.91. The number of anilines is 3. The molecule has 0 atom stereocenters. The van der Waals surface area contributed by atoms with Crippen LogP contribution in [0.5, 0.6) is 5.75 Å². The molecule has 10 nitrogen and oxygen atoms in total. The van der Waals surface area contributed by atoms with E-state index in [1.165, 1.54) is 11.9 Å². The van der Waals surface area contributed by atoms with Crippen molar-refractivity contribution < 1.29 is 9.84 Å². The van der Waals surface area contributed by atoms with Gasteiger partial charge in [0.2, 0.25) is 5.95 Å². The molecule has 0 radical (unpaired) electrons. The van der Waals surface area contributed by atoms with Gasteiger partial charge in [-0.25, -0.2) is 19.6 Å². The third kappa shape index (κ3) is 5.38. The van der Waals surface area contributed by atoms with E-state index in [4.69, 9.17) is 9.72 Å². The lowest BCUT2D eigenvalue weighted by molar-refractivity contribution is 0.0349. The number of rotatable bonds is 8. The van der Waals surface area contributed by atoms with E-state index in [-0.39, 0.29) is 0 Å². The molecule has 0 amide bonds. The smallest absolute Gasteiger partial charge is 0.227 e. The average molecular weight is 489 g/mol. The summed E-state index contributed by atoms with van der Waals surface area (Å²) in [6, 6.07) is 8.02. The third-order valence-electron chi connectivity index (χ3n) is 6.58. The van der Waals surface area contributed by atoms with Crippen molar-refractivity contribution in [2.45, 2.75) is 51.7 Å². The molecular formula is C26H32N8O2. The van der Waals surface area contributed by atoms with Crippen molar-refractivity contribution in [3.63, 3.8) is 0 Å². The van der Waals surface area contributed by atoms with Gasteiger partial charge >= 0.3 is 0 Å². The van der Waals surface area contributed by atoms with Crippen LogP contribution in [0.1, 0.15) is 45.1 Å². The van der Waals surface area contributed by atoms with Crippen LogP contribution in [0, 0.1) is 0 Å². The summed E-state index contributed by atoms with van der Waals surface area (Å²) in [5.41, 5.74) is 0.608. The fourth-order valence-corrected chi connectivity index (χ4v) is 4.42. The van der Waals surface area contributed by atoms with Gasteiger partial charge in [-0.3, -0.25) is 0 Å². The maximum Gasteiger partial charge on any atom is 0.227 e. The number of aliphatic hydroxyl groups is 1. The minimum absolute atomic E-state index is 0.342. The number of ether oxygens (including phenoxy) is 1. The third-order valence-corrected chi connectivity index (χ3v) is 6.58. The molecule has 0 saturated carbocycles. The van der Waals surface area contributed by atoms with Gasteiger partial charge in [0.15, 0.2) is 0 Å². The van der Waals surface area contributed by atoms with Gasteiger partial charge in [0, 0.05) is 30.9 Å². The lowest BCUT2D eigenvalue weighted by Gasteiger charge is -2.35. The Morgan fingerprint density at radius 2 is 1.94 bits per heavy atom. The zero-order chi connectivity index (χ0) is 25.1. The van der Waals surface area contributed by atoms with Crippen LogP contribution >= 0.6 is 0 Å². The Hall–Kier alpha value is -3.79. The number of hydrogen-bond acceptors (Lipinski definition) is 9. The lowest BCUT2D eigenvalue weighted by Crippen LogP contribution is -2.43. The first kappa shape index (κ1) is 23.9. The van der Waals surface area contributed by atoms with Crippen LogP contribution in [-0.4, -0.2) is 60.1 Å². The second-order valence-electron chi connectivity index (χ2n) is 9.78. The molecule has 5 rings (SSSR count). The summed E-state index contributed by atoms with van der Waals surface area (Å²) in [5.74, 6) is 3.17. The monoisotopic (exact) mass is 488 g/mol. The molecule has 1 aromatic carbocycles. The van der Waals surface area contributed by atoms with E-state index in [9.17, 15) is 5.11 Å². The lowest BCUT2D eigenvalue weighted by atomic mass is 9.94. The van der Waals surface area contributed by atoms with Gasteiger partial charge in [0.25, 0.3) is 0 Å². The summed E-state index contributed by atoms with van der Waals surface area (Å²) in [6.45, 7) is 8.79. The minimum atomic E-state index is -0.617. The molecular weight excluding hydrogens is 456 g/mol. The molecule has 4 aromatic rings. The van der Waals surface area contributed by atoms with Crippen molar-refractivity contribution >= 4 is 28.4 Å². The maximum absolute atomic E-state index is 10.2. The molecule has 0 unspecified atom stereocenters. The van der Waals surface area contributed by atoms with Crippen molar-refractivity contribution in [3.05, 3.63) is 54.9 Å². The van der Waals surface area contributed by atoms with Gasteiger partial charge in [-0.1, -0.05) is 19.9 Å². The normalized spacial score (nSPS) is 15.4. The highest BCUT2D eigenvalue weighted by Crippen LogP contribution is 2.34. The zero-order valence-corrected chi connectivity index (χ0v) is 20.9. The SMILES string of the molecule is CC(C)c1ccc(OCCn2cncn2)c2cnc(Nc3ccnc(N4CCC(C)(O)CC4)n3)cc12. The van der Waals surface area contributed by atoms with Crippen molar-refractivity contribution in [2.24, 2.45) is 0 Å². The quantitative estimate of drug-likeness (QED) is 0.381. The van der Waals surface area contributed by atoms with Crippen LogP contribution in [0.25, 0.3) is 10.8 Å². The van der Waals surface area contributed by atoms with Crippen molar-refractivity contribution in [1.29, 1.82) is 0 Å². The van der Waals surface area contributed by atoms with Gasteiger partial charge in [0.1, 0.15) is 36.6 Å². The summed E-state index contributed by atoms with van der Waals surface area (Å²) in [4.78, 5) is 19.9. The number of pyridine rings is 1. The van der Waals surface area contributed by atoms with E-state index in [1.54, 1.807) is 17.2 Å². The summed E-state index contributed by atoms with van der Waals surface area (Å²) in [7, 11) is 0. The Balaban J connectivity index is 1.36. The number of nitrogens with one attached hydrogen (secondary N) is 1. The molecule has 1 aliphatic heterocycles. The number of fused-ring (bicyclic) bond motifs is 1. The summed E-state index contributed by atoms with van der Waals surface area (Å²) >= 11 is 0. The molecule has 3 aromatic heterocycles. The van der Waals surface area contributed by atoms with E-state index in [0.29, 0.717) is 49.5 Å². The van der Waals surface area contributed by atoms with Gasteiger partial charge < -0.3 is 20.1 Å². The van der Waals surface area contributed by atoms with Gasteiger partial charge in [-0.05, 0) is 54.8 Å². The molecule has 0 spiro atoms. The van der Waals surface area contributed by atoms with E-state index in [1.807, 2.05) is 25.3 Å². The molecule has 1 fully saturated rings. The largest absolute Gasteiger partial charge is 0.491 e. The average Bonchev–Trinajstić information content (AvgIpc) is 3.37. The highest BCUT2D eigenvalue weighted by molar-refractivity contribution is 5.92. The van der Waals surface area contributed by atoms with Crippen LogP contribution < -0.4 is 15.0 Å². The van der Waals surface area contributed by atoms with Crippen LogP contribution in [0.3, 0.4) is 0 Å². The van der Waals surface area contributed by atoms with Crippen molar-refractivity contribution in [2.75, 3.05) is 29.9 Å². The molecule has 10 heteroatoms. The second-order valence-corrected chi connectivity index (χ2v) is 9.78. The van der Waals surface area contributed by atoms with Gasteiger partial charge in [0.05, 0.1) is 12.1 Å². The summed E-state index contributed by atoms with van der Waals surface area (Å²) in [5, 5.41) is 19.8. The van der Waals surface area contributed by atoms with Gasteiger partial charge in [-0.15, -0.1) is 0 Å². The Bertz CT molecular complexity index is 1310. The first-order valence-corrected chi connectivity index (χ1v) is 12.3. The van der Waals surface area contributed by atoms with E-state index >= 15 is 0 Å². The van der Waals surface area contributed by atoms with Crippen molar-refractivity contribution in [1.82, 2.24) is 29.7 Å². The Labute approximate surface area is 210 Å². The summed E-state index contributed by atoms with van der Waals surface area (Å²) in [6.07, 6.45) is 8.19. The number of aromatic nitrogens is 6. The Morgan fingerprint density at radius 3 is 2.69 bits per heavy atom. The highest BCUT2D eigenvalue weighted by atomic mass is 16.5. The number of nitrogens with zero attached hydrogens (tertiary/aromatic N) is 7.